The predicted molar refractivity (Wildman–Crippen MR) is 60.5 cm³/mol. The first kappa shape index (κ1) is 10.4. The van der Waals surface area contributed by atoms with E-state index >= 15 is 0 Å². The summed E-state index contributed by atoms with van der Waals surface area (Å²) in [4.78, 5) is 2.72. The molecule has 14 heavy (non-hydrogen) atoms. The molecule has 2 nitrogen and oxygen atoms in total. The molecule has 0 bridgehead atoms. The van der Waals surface area contributed by atoms with Gasteiger partial charge in [0.05, 0.1) is 0 Å². The molecule has 2 aliphatic rings. The van der Waals surface area contributed by atoms with Crippen molar-refractivity contribution >= 4 is 0 Å². The van der Waals surface area contributed by atoms with Gasteiger partial charge in [-0.2, -0.15) is 0 Å². The van der Waals surface area contributed by atoms with Crippen LogP contribution in [0.15, 0.2) is 0 Å². The second kappa shape index (κ2) is 4.63. The molecular formula is C12H24N2. The fraction of sp³-hybridized carbons (Fsp3) is 1.00. The molecule has 1 aliphatic carbocycles. The Morgan fingerprint density at radius 3 is 2.86 bits per heavy atom. The lowest BCUT2D eigenvalue weighted by molar-refractivity contribution is 0.147. The fourth-order valence-corrected chi connectivity index (χ4v) is 3.04. The summed E-state index contributed by atoms with van der Waals surface area (Å²) in [7, 11) is 0. The minimum absolute atomic E-state index is 0.699. The molecule has 1 saturated heterocycles. The van der Waals surface area contributed by atoms with Crippen molar-refractivity contribution in [2.24, 2.45) is 5.92 Å². The third-order valence-electron chi connectivity index (χ3n) is 4.01. The van der Waals surface area contributed by atoms with Crippen LogP contribution in [0.1, 0.15) is 39.5 Å². The maximum Gasteiger partial charge on any atom is 0.0167 e. The normalized spacial score (nSPS) is 40.3. The van der Waals surface area contributed by atoms with E-state index in [1.165, 1.54) is 45.3 Å². The number of hydrogen-bond donors (Lipinski definition) is 1. The van der Waals surface area contributed by atoms with E-state index in [0.29, 0.717) is 6.04 Å². The van der Waals surface area contributed by atoms with Crippen molar-refractivity contribution in [3.8, 4) is 0 Å². The number of piperazine rings is 1. The van der Waals surface area contributed by atoms with Crippen molar-refractivity contribution in [1.29, 1.82) is 0 Å². The summed E-state index contributed by atoms with van der Waals surface area (Å²) in [6.45, 7) is 8.37. The summed E-state index contributed by atoms with van der Waals surface area (Å²) in [5, 5.41) is 3.52. The Labute approximate surface area is 88.1 Å². The molecule has 0 aromatic carbocycles. The summed E-state index contributed by atoms with van der Waals surface area (Å²) in [5.74, 6) is 1.02. The molecular weight excluding hydrogens is 172 g/mol. The topological polar surface area (TPSA) is 15.3 Å². The van der Waals surface area contributed by atoms with Crippen LogP contribution in [0.25, 0.3) is 0 Å². The molecule has 0 amide bonds. The van der Waals surface area contributed by atoms with E-state index in [1.807, 2.05) is 0 Å². The molecule has 1 N–H and O–H groups in total. The molecule has 0 aromatic heterocycles. The van der Waals surface area contributed by atoms with Crippen molar-refractivity contribution < 1.29 is 0 Å². The van der Waals surface area contributed by atoms with Gasteiger partial charge in [-0.15, -0.1) is 0 Å². The molecule has 0 spiro atoms. The van der Waals surface area contributed by atoms with E-state index in [2.05, 4.69) is 24.1 Å². The quantitative estimate of drug-likeness (QED) is 0.725. The molecule has 2 rings (SSSR count). The van der Waals surface area contributed by atoms with Crippen LogP contribution >= 0.6 is 0 Å². The van der Waals surface area contributed by atoms with Crippen LogP contribution in [0.3, 0.4) is 0 Å². The van der Waals surface area contributed by atoms with E-state index < -0.39 is 0 Å². The summed E-state index contributed by atoms with van der Waals surface area (Å²) >= 11 is 0. The van der Waals surface area contributed by atoms with Crippen LogP contribution in [0.2, 0.25) is 0 Å². The first-order valence-electron chi connectivity index (χ1n) is 6.27. The second-order valence-electron chi connectivity index (χ2n) is 5.09. The monoisotopic (exact) mass is 196 g/mol. The highest BCUT2D eigenvalue weighted by Gasteiger charge is 2.30. The van der Waals surface area contributed by atoms with Gasteiger partial charge in [-0.25, -0.2) is 0 Å². The van der Waals surface area contributed by atoms with Crippen LogP contribution in [-0.2, 0) is 0 Å². The Hall–Kier alpha value is -0.0800. The van der Waals surface area contributed by atoms with Gasteiger partial charge in [0, 0.05) is 31.7 Å². The van der Waals surface area contributed by atoms with Gasteiger partial charge in [-0.3, -0.25) is 4.90 Å². The van der Waals surface area contributed by atoms with Crippen molar-refractivity contribution in [2.75, 3.05) is 19.6 Å². The minimum atomic E-state index is 0.699. The Balaban J connectivity index is 1.83. The van der Waals surface area contributed by atoms with Crippen LogP contribution in [0.5, 0.6) is 0 Å². The third-order valence-corrected chi connectivity index (χ3v) is 4.01. The zero-order valence-corrected chi connectivity index (χ0v) is 9.63. The first-order chi connectivity index (χ1) is 6.79. The highest BCUT2D eigenvalue weighted by molar-refractivity contribution is 4.86. The minimum Gasteiger partial charge on any atom is -0.312 e. The van der Waals surface area contributed by atoms with Gasteiger partial charge in [-0.05, 0) is 32.1 Å². The van der Waals surface area contributed by atoms with E-state index in [1.54, 1.807) is 0 Å². The van der Waals surface area contributed by atoms with Gasteiger partial charge in [0.1, 0.15) is 0 Å². The lowest BCUT2D eigenvalue weighted by atomic mass is 10.0. The summed E-state index contributed by atoms with van der Waals surface area (Å²) < 4.78 is 0. The summed E-state index contributed by atoms with van der Waals surface area (Å²) in [6, 6.07) is 1.61. The predicted octanol–water partition coefficient (Wildman–Crippen LogP) is 1.86. The highest BCUT2D eigenvalue weighted by atomic mass is 15.2. The maximum atomic E-state index is 3.52. The lowest BCUT2D eigenvalue weighted by Gasteiger charge is -2.36. The molecule has 2 unspecified atom stereocenters. The van der Waals surface area contributed by atoms with Gasteiger partial charge in [0.2, 0.25) is 0 Å². The molecule has 1 saturated carbocycles. The maximum absolute atomic E-state index is 3.52. The van der Waals surface area contributed by atoms with Gasteiger partial charge in [-0.1, -0.05) is 13.3 Å². The van der Waals surface area contributed by atoms with E-state index in [9.17, 15) is 0 Å². The zero-order chi connectivity index (χ0) is 9.97. The first-order valence-corrected chi connectivity index (χ1v) is 6.27. The standard InChI is InChI=1S/C12H24N2/c1-3-11-4-5-12(8-11)14-7-6-13-10(2)9-14/h10-13H,3-9H2,1-2H3/t10-,11?,12?/m1/s1. The molecule has 82 valence electrons. The zero-order valence-electron chi connectivity index (χ0n) is 9.63. The van der Waals surface area contributed by atoms with Gasteiger partial charge in [0.15, 0.2) is 0 Å². The molecule has 0 aromatic rings. The number of hydrogen-bond acceptors (Lipinski definition) is 2. The van der Waals surface area contributed by atoms with E-state index in [4.69, 9.17) is 0 Å². The van der Waals surface area contributed by atoms with Crippen LogP contribution in [0.4, 0.5) is 0 Å². The number of nitrogens with zero attached hydrogens (tertiary/aromatic N) is 1. The van der Waals surface area contributed by atoms with E-state index in [0.717, 1.165) is 12.0 Å². The molecule has 3 atom stereocenters. The van der Waals surface area contributed by atoms with Crippen molar-refractivity contribution in [1.82, 2.24) is 10.2 Å². The van der Waals surface area contributed by atoms with Crippen molar-refractivity contribution in [2.45, 2.75) is 51.6 Å². The molecule has 0 radical (unpaired) electrons. The molecule has 2 fully saturated rings. The molecule has 2 heteroatoms. The Kier molecular flexibility index (Phi) is 3.45. The van der Waals surface area contributed by atoms with Gasteiger partial charge in [0.25, 0.3) is 0 Å². The van der Waals surface area contributed by atoms with Gasteiger partial charge >= 0.3 is 0 Å². The third kappa shape index (κ3) is 2.29. The van der Waals surface area contributed by atoms with Crippen molar-refractivity contribution in [3.05, 3.63) is 0 Å². The number of nitrogens with one attached hydrogen (secondary N) is 1. The SMILES string of the molecule is CCC1CCC(N2CCN[C@H](C)C2)C1. The summed E-state index contributed by atoms with van der Waals surface area (Å²) in [6.07, 6.45) is 5.77. The van der Waals surface area contributed by atoms with Gasteiger partial charge < -0.3 is 5.32 Å². The Morgan fingerprint density at radius 1 is 1.36 bits per heavy atom. The lowest BCUT2D eigenvalue weighted by Crippen LogP contribution is -2.52. The Bertz CT molecular complexity index is 181. The second-order valence-corrected chi connectivity index (χ2v) is 5.09. The largest absolute Gasteiger partial charge is 0.312 e. The highest BCUT2D eigenvalue weighted by Crippen LogP contribution is 2.31. The number of rotatable bonds is 2. The summed E-state index contributed by atoms with van der Waals surface area (Å²) in [5.41, 5.74) is 0. The van der Waals surface area contributed by atoms with E-state index in [-0.39, 0.29) is 0 Å². The molecule has 1 aliphatic heterocycles. The average Bonchev–Trinajstić information content (AvgIpc) is 2.66. The average molecular weight is 196 g/mol. The molecule has 1 heterocycles. The smallest absolute Gasteiger partial charge is 0.0167 e. The fourth-order valence-electron chi connectivity index (χ4n) is 3.04. The van der Waals surface area contributed by atoms with Crippen LogP contribution in [-0.4, -0.2) is 36.6 Å². The van der Waals surface area contributed by atoms with Crippen LogP contribution in [0, 0.1) is 5.92 Å². The Morgan fingerprint density at radius 2 is 2.21 bits per heavy atom. The van der Waals surface area contributed by atoms with Crippen molar-refractivity contribution in [3.63, 3.8) is 0 Å². The van der Waals surface area contributed by atoms with Crippen LogP contribution < -0.4 is 5.32 Å².